The van der Waals surface area contributed by atoms with E-state index < -0.39 is 28.7 Å². The van der Waals surface area contributed by atoms with E-state index in [1.165, 1.54) is 56.7 Å². The summed E-state index contributed by atoms with van der Waals surface area (Å²) in [6.45, 7) is 0. The summed E-state index contributed by atoms with van der Waals surface area (Å²) in [4.78, 5) is 34.8. The molecule has 0 bridgehead atoms. The fourth-order valence-electron chi connectivity index (χ4n) is 2.63. The number of rotatable bonds is 8. The number of methoxy groups -OCH3 is 2. The standard InChI is InChI=1S/C19H19FN2O6/c1-27-17-8-7-15(22(25)26)10-13(17)11-16(19(24)28-2)21-18(23)9-12-3-5-14(20)6-4-12/h3-8,10,16H,9,11H2,1-2H3,(H,21,23)/t16-/m1/s1. The third-order valence-electron chi connectivity index (χ3n) is 4.00. The van der Waals surface area contributed by atoms with Crippen molar-refractivity contribution in [2.24, 2.45) is 0 Å². The lowest BCUT2D eigenvalue weighted by Crippen LogP contribution is -2.43. The van der Waals surface area contributed by atoms with Crippen molar-refractivity contribution in [1.29, 1.82) is 0 Å². The largest absolute Gasteiger partial charge is 0.496 e. The Kier molecular flexibility index (Phi) is 7.02. The number of esters is 1. The molecule has 9 heteroatoms. The molecule has 148 valence electrons. The van der Waals surface area contributed by atoms with Crippen molar-refractivity contribution in [1.82, 2.24) is 5.32 Å². The van der Waals surface area contributed by atoms with Crippen LogP contribution in [-0.4, -0.2) is 37.1 Å². The van der Waals surface area contributed by atoms with E-state index in [4.69, 9.17) is 9.47 Å². The summed E-state index contributed by atoms with van der Waals surface area (Å²) in [5.41, 5.74) is 0.765. The predicted octanol–water partition coefficient (Wildman–Crippen LogP) is 2.19. The first-order chi connectivity index (χ1) is 13.3. The van der Waals surface area contributed by atoms with Gasteiger partial charge in [-0.3, -0.25) is 14.9 Å². The Labute approximate surface area is 160 Å². The van der Waals surface area contributed by atoms with Gasteiger partial charge < -0.3 is 14.8 Å². The number of carbonyl (C=O) groups is 2. The third-order valence-corrected chi connectivity index (χ3v) is 4.00. The molecule has 2 aromatic carbocycles. The van der Waals surface area contributed by atoms with Crippen LogP contribution < -0.4 is 10.1 Å². The second kappa shape index (κ2) is 9.45. The van der Waals surface area contributed by atoms with E-state index in [0.29, 0.717) is 16.9 Å². The molecule has 0 radical (unpaired) electrons. The number of carbonyl (C=O) groups excluding carboxylic acids is 2. The van der Waals surface area contributed by atoms with E-state index in [2.05, 4.69) is 5.32 Å². The van der Waals surface area contributed by atoms with Crippen LogP contribution in [0, 0.1) is 15.9 Å². The van der Waals surface area contributed by atoms with Crippen molar-refractivity contribution in [3.8, 4) is 5.75 Å². The van der Waals surface area contributed by atoms with Crippen molar-refractivity contribution in [2.45, 2.75) is 18.9 Å². The molecule has 1 atom stereocenters. The number of nitro benzene ring substituents is 1. The molecule has 0 unspecified atom stereocenters. The maximum atomic E-state index is 13.0. The Morgan fingerprint density at radius 2 is 1.86 bits per heavy atom. The summed E-state index contributed by atoms with van der Waals surface area (Å²) in [6.07, 6.45) is -0.132. The minimum absolute atomic E-state index is 0.0628. The van der Waals surface area contributed by atoms with Crippen molar-refractivity contribution in [3.63, 3.8) is 0 Å². The number of hydrogen-bond donors (Lipinski definition) is 1. The number of amides is 1. The number of nitrogens with zero attached hydrogens (tertiary/aromatic N) is 1. The Bertz CT molecular complexity index is 869. The van der Waals surface area contributed by atoms with Gasteiger partial charge in [0.2, 0.25) is 5.91 Å². The normalized spacial score (nSPS) is 11.4. The van der Waals surface area contributed by atoms with E-state index in [-0.39, 0.29) is 18.5 Å². The van der Waals surface area contributed by atoms with Gasteiger partial charge in [-0.25, -0.2) is 9.18 Å². The minimum Gasteiger partial charge on any atom is -0.496 e. The van der Waals surface area contributed by atoms with Crippen LogP contribution >= 0.6 is 0 Å². The van der Waals surface area contributed by atoms with Gasteiger partial charge in [0.15, 0.2) is 0 Å². The van der Waals surface area contributed by atoms with Crippen LogP contribution in [0.15, 0.2) is 42.5 Å². The molecule has 0 heterocycles. The summed E-state index contributed by atoms with van der Waals surface area (Å²) < 4.78 is 22.9. The van der Waals surface area contributed by atoms with Gasteiger partial charge in [0.25, 0.3) is 5.69 Å². The van der Waals surface area contributed by atoms with Gasteiger partial charge in [-0.15, -0.1) is 0 Å². The number of non-ortho nitro benzene ring substituents is 1. The van der Waals surface area contributed by atoms with Gasteiger partial charge in [0.1, 0.15) is 17.6 Å². The molecule has 8 nitrogen and oxygen atoms in total. The van der Waals surface area contributed by atoms with Crippen LogP contribution in [0.5, 0.6) is 5.75 Å². The molecule has 0 saturated heterocycles. The summed E-state index contributed by atoms with van der Waals surface area (Å²) in [6, 6.07) is 8.29. The summed E-state index contributed by atoms with van der Waals surface area (Å²) in [7, 11) is 2.57. The maximum absolute atomic E-state index is 13.0. The monoisotopic (exact) mass is 390 g/mol. The summed E-state index contributed by atoms with van der Waals surface area (Å²) in [5.74, 6) is -1.27. The first-order valence-corrected chi connectivity index (χ1v) is 8.27. The quantitative estimate of drug-likeness (QED) is 0.421. The highest BCUT2D eigenvalue weighted by Crippen LogP contribution is 2.25. The van der Waals surface area contributed by atoms with Crippen LogP contribution in [0.1, 0.15) is 11.1 Å². The highest BCUT2D eigenvalue weighted by Gasteiger charge is 2.24. The lowest BCUT2D eigenvalue weighted by molar-refractivity contribution is -0.384. The molecular formula is C19H19FN2O6. The van der Waals surface area contributed by atoms with E-state index in [0.717, 1.165) is 0 Å². The molecule has 0 aliphatic rings. The zero-order chi connectivity index (χ0) is 20.7. The summed E-state index contributed by atoms with van der Waals surface area (Å²) in [5, 5.41) is 13.6. The lowest BCUT2D eigenvalue weighted by Gasteiger charge is -2.18. The SMILES string of the molecule is COC(=O)[C@@H](Cc1cc([N+](=O)[O-])ccc1OC)NC(=O)Cc1ccc(F)cc1. The van der Waals surface area contributed by atoms with Crippen LogP contribution in [0.3, 0.4) is 0 Å². The lowest BCUT2D eigenvalue weighted by atomic mass is 10.0. The molecular weight excluding hydrogens is 371 g/mol. The van der Waals surface area contributed by atoms with Crippen molar-refractivity contribution < 1.29 is 28.4 Å². The zero-order valence-corrected chi connectivity index (χ0v) is 15.3. The van der Waals surface area contributed by atoms with Gasteiger partial charge >= 0.3 is 5.97 Å². The first-order valence-electron chi connectivity index (χ1n) is 8.27. The highest BCUT2D eigenvalue weighted by atomic mass is 19.1. The second-order valence-electron chi connectivity index (χ2n) is 5.90. The maximum Gasteiger partial charge on any atom is 0.328 e. The number of halogens is 1. The van der Waals surface area contributed by atoms with Gasteiger partial charge in [-0.1, -0.05) is 12.1 Å². The van der Waals surface area contributed by atoms with Crippen molar-refractivity contribution >= 4 is 17.6 Å². The molecule has 0 aliphatic carbocycles. The van der Waals surface area contributed by atoms with E-state index in [1.54, 1.807) is 0 Å². The Morgan fingerprint density at radius 1 is 1.18 bits per heavy atom. The Morgan fingerprint density at radius 3 is 2.43 bits per heavy atom. The van der Waals surface area contributed by atoms with Gasteiger partial charge in [0, 0.05) is 24.1 Å². The van der Waals surface area contributed by atoms with E-state index in [9.17, 15) is 24.1 Å². The number of benzene rings is 2. The molecule has 0 fully saturated rings. The van der Waals surface area contributed by atoms with Crippen LogP contribution in [-0.2, 0) is 27.2 Å². The highest BCUT2D eigenvalue weighted by molar-refractivity contribution is 5.86. The molecule has 0 aromatic heterocycles. The third kappa shape index (κ3) is 5.50. The Balaban J connectivity index is 2.18. The molecule has 1 amide bonds. The second-order valence-corrected chi connectivity index (χ2v) is 5.90. The van der Waals surface area contributed by atoms with E-state index >= 15 is 0 Å². The fraction of sp³-hybridized carbons (Fsp3) is 0.263. The van der Waals surface area contributed by atoms with Gasteiger partial charge in [-0.2, -0.15) is 0 Å². The smallest absolute Gasteiger partial charge is 0.328 e. The van der Waals surface area contributed by atoms with Crippen molar-refractivity contribution in [3.05, 3.63) is 69.5 Å². The summed E-state index contributed by atoms with van der Waals surface area (Å²) >= 11 is 0. The van der Waals surface area contributed by atoms with Gasteiger partial charge in [0.05, 0.1) is 25.6 Å². The minimum atomic E-state index is -1.08. The number of hydrogen-bond acceptors (Lipinski definition) is 6. The molecule has 2 rings (SSSR count). The van der Waals surface area contributed by atoms with Gasteiger partial charge in [-0.05, 0) is 23.8 Å². The van der Waals surface area contributed by atoms with Crippen molar-refractivity contribution in [2.75, 3.05) is 14.2 Å². The molecule has 0 spiro atoms. The van der Waals surface area contributed by atoms with Crippen LogP contribution in [0.2, 0.25) is 0 Å². The first kappa shape index (κ1) is 20.8. The van der Waals surface area contributed by atoms with Crippen LogP contribution in [0.4, 0.5) is 10.1 Å². The molecule has 28 heavy (non-hydrogen) atoms. The number of nitro groups is 1. The van der Waals surface area contributed by atoms with E-state index in [1.807, 2.05) is 0 Å². The average Bonchev–Trinajstić information content (AvgIpc) is 2.68. The molecule has 1 N–H and O–H groups in total. The zero-order valence-electron chi connectivity index (χ0n) is 15.3. The molecule has 0 aliphatic heterocycles. The number of nitrogens with one attached hydrogen (secondary N) is 1. The predicted molar refractivity (Wildman–Crippen MR) is 97.4 cm³/mol. The fourth-order valence-corrected chi connectivity index (χ4v) is 2.63. The molecule has 0 saturated carbocycles. The Hall–Kier alpha value is -3.49. The average molecular weight is 390 g/mol. The number of ether oxygens (including phenoxy) is 2. The van der Waals surface area contributed by atoms with Crippen LogP contribution in [0.25, 0.3) is 0 Å². The topological polar surface area (TPSA) is 108 Å². The molecule has 2 aromatic rings.